The molecule has 2 rings (SSSR count). The summed E-state index contributed by atoms with van der Waals surface area (Å²) in [6, 6.07) is 0. The summed E-state index contributed by atoms with van der Waals surface area (Å²) in [4.78, 5) is 8.71. The van der Waals surface area contributed by atoms with Crippen LogP contribution in [0, 0.1) is 6.92 Å². The van der Waals surface area contributed by atoms with Gasteiger partial charge in [0.1, 0.15) is 0 Å². The van der Waals surface area contributed by atoms with Crippen LogP contribution in [0.25, 0.3) is 0 Å². The molecule has 1 aromatic heterocycles. The summed E-state index contributed by atoms with van der Waals surface area (Å²) in [6.45, 7) is 6.87. The third-order valence-corrected chi connectivity index (χ3v) is 4.83. The van der Waals surface area contributed by atoms with E-state index in [-0.39, 0.29) is 0 Å². The first kappa shape index (κ1) is 12.1. The average Bonchev–Trinajstić information content (AvgIpc) is 2.62. The van der Waals surface area contributed by atoms with Gasteiger partial charge >= 0.3 is 0 Å². The molecule has 0 unspecified atom stereocenters. The Kier molecular flexibility index (Phi) is 3.98. The second-order valence-corrected chi connectivity index (χ2v) is 6.00. The third-order valence-electron chi connectivity index (χ3n) is 3.45. The molecule has 2 nitrogen and oxygen atoms in total. The minimum atomic E-state index is 0.727. The van der Waals surface area contributed by atoms with E-state index in [4.69, 9.17) is 4.98 Å². The zero-order chi connectivity index (χ0) is 11.5. The number of aryl methyl sites for hydroxylation is 2. The molecule has 1 aliphatic heterocycles. The van der Waals surface area contributed by atoms with Gasteiger partial charge < -0.3 is 4.90 Å². The van der Waals surface area contributed by atoms with Crippen molar-refractivity contribution in [3.05, 3.63) is 15.6 Å². The maximum atomic E-state index is 4.78. The van der Waals surface area contributed by atoms with Gasteiger partial charge in [-0.2, -0.15) is 0 Å². The van der Waals surface area contributed by atoms with Gasteiger partial charge in [0, 0.05) is 10.8 Å². The highest BCUT2D eigenvalue weighted by Crippen LogP contribution is 2.32. The fraction of sp³-hybridized carbons (Fsp3) is 0.769. The summed E-state index contributed by atoms with van der Waals surface area (Å²) in [5, 5.41) is 1.40. The topological polar surface area (TPSA) is 16.1 Å². The maximum Gasteiger partial charge on any atom is 0.0962 e. The minimum Gasteiger partial charge on any atom is -0.306 e. The van der Waals surface area contributed by atoms with Crippen LogP contribution in [0.5, 0.6) is 0 Å². The van der Waals surface area contributed by atoms with Crippen molar-refractivity contribution in [2.45, 2.75) is 45.4 Å². The zero-order valence-electron chi connectivity index (χ0n) is 10.6. The normalized spacial score (nSPS) is 19.2. The molecule has 0 N–H and O–H groups in total. The predicted molar refractivity (Wildman–Crippen MR) is 70.3 cm³/mol. The molecule has 0 saturated carbocycles. The molecule has 90 valence electrons. The Labute approximate surface area is 103 Å². The number of piperidine rings is 1. The molecule has 0 bridgehead atoms. The van der Waals surface area contributed by atoms with E-state index in [0.29, 0.717) is 0 Å². The molecule has 1 aromatic rings. The molecule has 0 amide bonds. The van der Waals surface area contributed by atoms with Crippen molar-refractivity contribution >= 4 is 11.3 Å². The molecule has 0 spiro atoms. The standard InChI is InChI=1S/C13H22N2S/c1-4-5-12-10(2)14-13(16-12)11-6-8-15(3)9-7-11/h11H,4-9H2,1-3H3. The lowest BCUT2D eigenvalue weighted by atomic mass is 9.98. The molecule has 3 heteroatoms. The number of rotatable bonds is 3. The molecule has 0 radical (unpaired) electrons. The van der Waals surface area contributed by atoms with E-state index in [2.05, 4.69) is 25.8 Å². The number of hydrogen-bond donors (Lipinski definition) is 0. The van der Waals surface area contributed by atoms with Crippen molar-refractivity contribution in [3.8, 4) is 0 Å². The third kappa shape index (κ3) is 2.64. The van der Waals surface area contributed by atoms with Crippen LogP contribution < -0.4 is 0 Å². The van der Waals surface area contributed by atoms with Crippen molar-refractivity contribution < 1.29 is 0 Å². The smallest absolute Gasteiger partial charge is 0.0962 e. The number of likely N-dealkylation sites (tertiary alicyclic amines) is 1. The number of aromatic nitrogens is 1. The summed E-state index contributed by atoms with van der Waals surface area (Å²) >= 11 is 1.96. The largest absolute Gasteiger partial charge is 0.306 e. The van der Waals surface area contributed by atoms with Gasteiger partial charge in [-0.25, -0.2) is 4.98 Å². The summed E-state index contributed by atoms with van der Waals surface area (Å²) in [7, 11) is 2.21. The van der Waals surface area contributed by atoms with Gasteiger partial charge in [0.25, 0.3) is 0 Å². The highest BCUT2D eigenvalue weighted by Gasteiger charge is 2.21. The van der Waals surface area contributed by atoms with Gasteiger partial charge in [-0.05, 0) is 46.3 Å². The maximum absolute atomic E-state index is 4.78. The highest BCUT2D eigenvalue weighted by molar-refractivity contribution is 7.11. The van der Waals surface area contributed by atoms with Gasteiger partial charge in [0.05, 0.1) is 10.7 Å². The SMILES string of the molecule is CCCc1sc(C2CCN(C)CC2)nc1C. The van der Waals surface area contributed by atoms with Crippen LogP contribution in [-0.4, -0.2) is 30.0 Å². The van der Waals surface area contributed by atoms with Gasteiger partial charge in [-0.3, -0.25) is 0 Å². The molecule has 0 atom stereocenters. The molecule has 1 aliphatic rings. The Bertz CT molecular complexity index is 338. The second-order valence-electron chi connectivity index (χ2n) is 4.89. The minimum absolute atomic E-state index is 0.727. The predicted octanol–water partition coefficient (Wildman–Crippen LogP) is 3.21. The fourth-order valence-electron chi connectivity index (χ4n) is 2.34. The summed E-state index contributed by atoms with van der Waals surface area (Å²) in [5.41, 5.74) is 1.28. The molecule has 2 heterocycles. The lowest BCUT2D eigenvalue weighted by Gasteiger charge is -2.27. The van der Waals surface area contributed by atoms with Crippen LogP contribution in [0.15, 0.2) is 0 Å². The van der Waals surface area contributed by atoms with Crippen LogP contribution in [0.3, 0.4) is 0 Å². The number of hydrogen-bond acceptors (Lipinski definition) is 3. The average molecular weight is 238 g/mol. The van der Waals surface area contributed by atoms with E-state index >= 15 is 0 Å². The van der Waals surface area contributed by atoms with Crippen LogP contribution in [0.1, 0.15) is 47.7 Å². The summed E-state index contributed by atoms with van der Waals surface area (Å²) in [6.07, 6.45) is 5.01. The molecule has 1 saturated heterocycles. The molecule has 16 heavy (non-hydrogen) atoms. The molecular formula is C13H22N2S. The summed E-state index contributed by atoms with van der Waals surface area (Å²) < 4.78 is 0. The van der Waals surface area contributed by atoms with Crippen molar-refractivity contribution in [2.75, 3.05) is 20.1 Å². The monoisotopic (exact) mass is 238 g/mol. The van der Waals surface area contributed by atoms with E-state index in [1.807, 2.05) is 11.3 Å². The van der Waals surface area contributed by atoms with Gasteiger partial charge in [-0.1, -0.05) is 13.3 Å². The molecule has 0 aliphatic carbocycles. The fourth-order valence-corrected chi connectivity index (χ4v) is 3.68. The van der Waals surface area contributed by atoms with Gasteiger partial charge in [0.2, 0.25) is 0 Å². The lowest BCUT2D eigenvalue weighted by Crippen LogP contribution is -2.29. The Morgan fingerprint density at radius 3 is 2.69 bits per heavy atom. The first-order chi connectivity index (χ1) is 7.70. The van der Waals surface area contributed by atoms with Crippen LogP contribution in [0.2, 0.25) is 0 Å². The molecular weight excluding hydrogens is 216 g/mol. The number of nitrogens with zero attached hydrogens (tertiary/aromatic N) is 2. The molecule has 1 fully saturated rings. The van der Waals surface area contributed by atoms with E-state index in [1.54, 1.807) is 0 Å². The Hall–Kier alpha value is -0.410. The van der Waals surface area contributed by atoms with E-state index in [0.717, 1.165) is 5.92 Å². The zero-order valence-corrected chi connectivity index (χ0v) is 11.4. The Morgan fingerprint density at radius 2 is 2.06 bits per heavy atom. The highest BCUT2D eigenvalue weighted by atomic mass is 32.1. The van der Waals surface area contributed by atoms with E-state index < -0.39 is 0 Å². The second kappa shape index (κ2) is 5.28. The van der Waals surface area contributed by atoms with Crippen molar-refractivity contribution in [3.63, 3.8) is 0 Å². The lowest BCUT2D eigenvalue weighted by molar-refractivity contribution is 0.255. The van der Waals surface area contributed by atoms with Gasteiger partial charge in [-0.15, -0.1) is 11.3 Å². The quantitative estimate of drug-likeness (QED) is 0.804. The van der Waals surface area contributed by atoms with Crippen molar-refractivity contribution in [1.82, 2.24) is 9.88 Å². The number of thiazole rings is 1. The van der Waals surface area contributed by atoms with Crippen LogP contribution in [-0.2, 0) is 6.42 Å². The first-order valence-electron chi connectivity index (χ1n) is 6.35. The Balaban J connectivity index is 2.06. The Morgan fingerprint density at radius 1 is 1.38 bits per heavy atom. The molecule has 0 aromatic carbocycles. The van der Waals surface area contributed by atoms with Gasteiger partial charge in [0.15, 0.2) is 0 Å². The van der Waals surface area contributed by atoms with Crippen LogP contribution in [0.4, 0.5) is 0 Å². The summed E-state index contributed by atoms with van der Waals surface area (Å²) in [5.74, 6) is 0.727. The van der Waals surface area contributed by atoms with E-state index in [9.17, 15) is 0 Å². The van der Waals surface area contributed by atoms with Crippen LogP contribution >= 0.6 is 11.3 Å². The van der Waals surface area contributed by atoms with E-state index in [1.165, 1.54) is 54.4 Å². The van der Waals surface area contributed by atoms with Crippen molar-refractivity contribution in [1.29, 1.82) is 0 Å². The van der Waals surface area contributed by atoms with Crippen molar-refractivity contribution in [2.24, 2.45) is 0 Å². The first-order valence-corrected chi connectivity index (χ1v) is 7.17.